The van der Waals surface area contributed by atoms with Gasteiger partial charge in [0.1, 0.15) is 5.75 Å². The first-order valence-electron chi connectivity index (χ1n) is 8.86. The Morgan fingerprint density at radius 2 is 1.85 bits per heavy atom. The minimum Gasteiger partial charge on any atom is -0.481 e. The lowest BCUT2D eigenvalue weighted by atomic mass is 10.1. The van der Waals surface area contributed by atoms with E-state index in [4.69, 9.17) is 9.47 Å². The summed E-state index contributed by atoms with van der Waals surface area (Å²) in [5.74, 6) is 0.0987. The van der Waals surface area contributed by atoms with Crippen LogP contribution in [0, 0.1) is 0 Å². The average Bonchev–Trinajstić information content (AvgIpc) is 2.97. The van der Waals surface area contributed by atoms with Crippen molar-refractivity contribution in [3.63, 3.8) is 0 Å². The van der Waals surface area contributed by atoms with Crippen molar-refractivity contribution < 1.29 is 19.1 Å². The van der Waals surface area contributed by atoms with Crippen LogP contribution >= 0.6 is 0 Å². The molecule has 5 heteroatoms. The summed E-state index contributed by atoms with van der Waals surface area (Å²) in [6.07, 6.45) is 0.222. The van der Waals surface area contributed by atoms with E-state index < -0.39 is 6.10 Å². The Morgan fingerprint density at radius 3 is 2.54 bits per heavy atom. The van der Waals surface area contributed by atoms with Crippen LogP contribution in [-0.4, -0.2) is 30.6 Å². The molecule has 0 aromatic heterocycles. The Hall–Kier alpha value is -2.82. The molecule has 5 nitrogen and oxygen atoms in total. The second-order valence-electron chi connectivity index (χ2n) is 6.40. The average molecular weight is 353 g/mol. The van der Waals surface area contributed by atoms with Crippen LogP contribution in [0.15, 0.2) is 48.5 Å². The molecule has 0 radical (unpaired) electrons. The lowest BCUT2D eigenvalue weighted by Crippen LogP contribution is -2.43. The Morgan fingerprint density at radius 1 is 1.15 bits per heavy atom. The molecule has 3 rings (SSSR count). The highest BCUT2D eigenvalue weighted by Gasteiger charge is 2.33. The summed E-state index contributed by atoms with van der Waals surface area (Å²) in [5.41, 5.74) is 2.60. The first kappa shape index (κ1) is 18.0. The lowest BCUT2D eigenvalue weighted by Gasteiger charge is -2.26. The second kappa shape index (κ2) is 7.60. The molecule has 0 aliphatic carbocycles. The zero-order valence-electron chi connectivity index (χ0n) is 15.3. The number of esters is 1. The number of carbonyl (C=O) groups is 2. The molecular formula is C21H23NO4. The molecule has 0 saturated carbocycles. The van der Waals surface area contributed by atoms with Gasteiger partial charge in [0.15, 0.2) is 6.10 Å². The van der Waals surface area contributed by atoms with E-state index in [0.29, 0.717) is 17.9 Å². The van der Waals surface area contributed by atoms with E-state index in [1.54, 1.807) is 38.1 Å². The molecule has 0 bridgehead atoms. The Balaban J connectivity index is 1.69. The topological polar surface area (TPSA) is 55.8 Å². The zero-order chi connectivity index (χ0) is 18.7. The summed E-state index contributed by atoms with van der Waals surface area (Å²) < 4.78 is 10.8. The second-order valence-corrected chi connectivity index (χ2v) is 6.40. The van der Waals surface area contributed by atoms with Gasteiger partial charge in [0.2, 0.25) is 0 Å². The van der Waals surface area contributed by atoms with Crippen molar-refractivity contribution >= 4 is 17.6 Å². The van der Waals surface area contributed by atoms with Gasteiger partial charge in [0.05, 0.1) is 12.2 Å². The molecule has 0 fully saturated rings. The van der Waals surface area contributed by atoms with E-state index in [-0.39, 0.29) is 17.9 Å². The van der Waals surface area contributed by atoms with Gasteiger partial charge in [-0.2, -0.15) is 0 Å². The summed E-state index contributed by atoms with van der Waals surface area (Å²) in [4.78, 5) is 26.4. The maximum atomic E-state index is 12.9. The van der Waals surface area contributed by atoms with E-state index in [1.807, 2.05) is 30.0 Å². The Labute approximate surface area is 153 Å². The number of carbonyl (C=O) groups excluding carboxylic acids is 2. The third kappa shape index (κ3) is 3.57. The first-order valence-corrected chi connectivity index (χ1v) is 8.86. The van der Waals surface area contributed by atoms with Gasteiger partial charge in [-0.25, -0.2) is 4.79 Å². The van der Waals surface area contributed by atoms with Crippen LogP contribution in [0.2, 0.25) is 0 Å². The van der Waals surface area contributed by atoms with Gasteiger partial charge in [0.25, 0.3) is 5.91 Å². The van der Waals surface area contributed by atoms with Crippen molar-refractivity contribution in [2.75, 3.05) is 11.5 Å². The number of hydrogen-bond acceptors (Lipinski definition) is 4. The molecule has 0 saturated heterocycles. The SMILES string of the molecule is CCOC(=O)c1ccc(O[C@@H](C)C(=O)N2c3ccccc3C[C@@H]2C)cc1. The quantitative estimate of drug-likeness (QED) is 0.771. The van der Waals surface area contributed by atoms with Gasteiger partial charge < -0.3 is 14.4 Å². The van der Waals surface area contributed by atoms with Gasteiger partial charge >= 0.3 is 5.97 Å². The fourth-order valence-electron chi connectivity index (χ4n) is 3.24. The van der Waals surface area contributed by atoms with Gasteiger partial charge in [-0.15, -0.1) is 0 Å². The van der Waals surface area contributed by atoms with Crippen molar-refractivity contribution in [2.24, 2.45) is 0 Å². The van der Waals surface area contributed by atoms with Crippen LogP contribution in [0.4, 0.5) is 5.69 Å². The van der Waals surface area contributed by atoms with Crippen molar-refractivity contribution in [3.05, 3.63) is 59.7 Å². The number of fused-ring (bicyclic) bond motifs is 1. The minimum atomic E-state index is -0.628. The van der Waals surface area contributed by atoms with Crippen molar-refractivity contribution in [2.45, 2.75) is 39.3 Å². The van der Waals surface area contributed by atoms with Gasteiger partial charge in [0, 0.05) is 11.7 Å². The standard InChI is InChI=1S/C21H23NO4/c1-4-25-21(24)16-9-11-18(12-10-16)26-15(3)20(23)22-14(2)13-17-7-5-6-8-19(17)22/h5-12,14-15H,4,13H2,1-3H3/t14-,15-/m0/s1. The third-order valence-corrected chi connectivity index (χ3v) is 4.47. The van der Waals surface area contributed by atoms with Crippen LogP contribution in [-0.2, 0) is 16.0 Å². The number of para-hydroxylation sites is 1. The van der Waals surface area contributed by atoms with Gasteiger partial charge in [-0.3, -0.25) is 4.79 Å². The molecule has 2 aromatic rings. The maximum Gasteiger partial charge on any atom is 0.338 e. The van der Waals surface area contributed by atoms with Crippen LogP contribution < -0.4 is 9.64 Å². The summed E-state index contributed by atoms with van der Waals surface area (Å²) in [6, 6.07) is 14.7. The van der Waals surface area contributed by atoms with E-state index in [2.05, 4.69) is 6.07 Å². The van der Waals surface area contributed by atoms with E-state index in [1.165, 1.54) is 5.56 Å². The Bertz CT molecular complexity index is 800. The van der Waals surface area contributed by atoms with Gasteiger partial charge in [-0.1, -0.05) is 18.2 Å². The number of rotatable bonds is 5. The van der Waals surface area contributed by atoms with Crippen molar-refractivity contribution in [1.29, 1.82) is 0 Å². The summed E-state index contributed by atoms with van der Waals surface area (Å²) >= 11 is 0. The van der Waals surface area contributed by atoms with Crippen LogP contribution in [0.25, 0.3) is 0 Å². The zero-order valence-corrected chi connectivity index (χ0v) is 15.3. The normalized spacial score (nSPS) is 16.7. The van der Waals surface area contributed by atoms with Gasteiger partial charge in [-0.05, 0) is 63.1 Å². The number of hydrogen-bond donors (Lipinski definition) is 0. The van der Waals surface area contributed by atoms with E-state index >= 15 is 0 Å². The van der Waals surface area contributed by atoms with Crippen molar-refractivity contribution in [1.82, 2.24) is 0 Å². The highest BCUT2D eigenvalue weighted by Crippen LogP contribution is 2.32. The molecule has 0 spiro atoms. The third-order valence-electron chi connectivity index (χ3n) is 4.47. The molecule has 1 amide bonds. The smallest absolute Gasteiger partial charge is 0.338 e. The van der Waals surface area contributed by atoms with Crippen molar-refractivity contribution in [3.8, 4) is 5.75 Å². The minimum absolute atomic E-state index is 0.0723. The summed E-state index contributed by atoms with van der Waals surface area (Å²) in [7, 11) is 0. The Kier molecular flexibility index (Phi) is 5.26. The molecule has 2 aromatic carbocycles. The molecule has 0 unspecified atom stereocenters. The summed E-state index contributed by atoms with van der Waals surface area (Å²) in [5, 5.41) is 0. The highest BCUT2D eigenvalue weighted by atomic mass is 16.5. The molecule has 2 atom stereocenters. The predicted octanol–water partition coefficient (Wildman–Crippen LogP) is 3.61. The fraction of sp³-hybridized carbons (Fsp3) is 0.333. The lowest BCUT2D eigenvalue weighted by molar-refractivity contribution is -0.124. The molecule has 1 aliphatic rings. The molecule has 1 heterocycles. The molecule has 136 valence electrons. The van der Waals surface area contributed by atoms with Crippen LogP contribution in [0.5, 0.6) is 5.75 Å². The summed E-state index contributed by atoms with van der Waals surface area (Å²) in [6.45, 7) is 5.88. The highest BCUT2D eigenvalue weighted by molar-refractivity contribution is 5.99. The number of ether oxygens (including phenoxy) is 2. The van der Waals surface area contributed by atoms with E-state index in [0.717, 1.165) is 12.1 Å². The number of benzene rings is 2. The monoisotopic (exact) mass is 353 g/mol. The number of nitrogens with zero attached hydrogens (tertiary/aromatic N) is 1. The molecule has 1 aliphatic heterocycles. The molecular weight excluding hydrogens is 330 g/mol. The number of amides is 1. The number of anilines is 1. The maximum absolute atomic E-state index is 12.9. The molecule has 26 heavy (non-hydrogen) atoms. The largest absolute Gasteiger partial charge is 0.481 e. The molecule has 0 N–H and O–H groups in total. The fourth-order valence-corrected chi connectivity index (χ4v) is 3.24. The van der Waals surface area contributed by atoms with Crippen LogP contribution in [0.1, 0.15) is 36.7 Å². The predicted molar refractivity (Wildman–Crippen MR) is 99.6 cm³/mol. The first-order chi connectivity index (χ1) is 12.5. The van der Waals surface area contributed by atoms with Crippen LogP contribution in [0.3, 0.4) is 0 Å². The van der Waals surface area contributed by atoms with E-state index in [9.17, 15) is 9.59 Å².